The van der Waals surface area contributed by atoms with Gasteiger partial charge in [-0.05, 0) is 13.3 Å². The second-order valence-corrected chi connectivity index (χ2v) is 4.94. The molecule has 3 atom stereocenters. The minimum Gasteiger partial charge on any atom is -0.466 e. The molecule has 0 aromatic carbocycles. The zero-order valence-electron chi connectivity index (χ0n) is 12.0. The summed E-state index contributed by atoms with van der Waals surface area (Å²) in [5.74, 6) is -0.748. The van der Waals surface area contributed by atoms with Crippen LogP contribution in [0.5, 0.6) is 0 Å². The number of fused-ring (bicyclic) bond motifs is 1. The zero-order valence-corrected chi connectivity index (χ0v) is 12.0. The number of carbonyl (C=O) groups is 2. The Hall–Kier alpha value is -2.02. The summed E-state index contributed by atoms with van der Waals surface area (Å²) in [6.45, 7) is 1.85. The van der Waals surface area contributed by atoms with Crippen molar-refractivity contribution >= 4 is 12.1 Å². The molecule has 1 aliphatic carbocycles. The summed E-state index contributed by atoms with van der Waals surface area (Å²) in [7, 11) is 1.32. The van der Waals surface area contributed by atoms with Crippen molar-refractivity contribution in [1.82, 2.24) is 5.32 Å². The number of hydrogen-bond donors (Lipinski definition) is 2. The molecule has 0 spiro atoms. The average molecular weight is 297 g/mol. The van der Waals surface area contributed by atoms with Gasteiger partial charge < -0.3 is 24.6 Å². The van der Waals surface area contributed by atoms with Crippen LogP contribution >= 0.6 is 0 Å². The molecule has 2 aliphatic rings. The Morgan fingerprint density at radius 3 is 2.95 bits per heavy atom. The van der Waals surface area contributed by atoms with E-state index in [0.717, 1.165) is 5.57 Å². The van der Waals surface area contributed by atoms with Crippen molar-refractivity contribution in [2.75, 3.05) is 20.3 Å². The number of alkyl carbamates (subject to hydrolysis) is 1. The van der Waals surface area contributed by atoms with Gasteiger partial charge in [0.1, 0.15) is 0 Å². The molecule has 0 bridgehead atoms. The highest BCUT2D eigenvalue weighted by atomic mass is 16.7. The van der Waals surface area contributed by atoms with Crippen LogP contribution < -0.4 is 5.32 Å². The van der Waals surface area contributed by atoms with Crippen molar-refractivity contribution < 1.29 is 28.9 Å². The van der Waals surface area contributed by atoms with Gasteiger partial charge in [-0.25, -0.2) is 9.59 Å². The van der Waals surface area contributed by atoms with E-state index in [4.69, 9.17) is 19.3 Å². The molecular formula is C14H19NO6. The van der Waals surface area contributed by atoms with Gasteiger partial charge in [0.2, 0.25) is 0 Å². The lowest BCUT2D eigenvalue weighted by Crippen LogP contribution is -2.40. The van der Waals surface area contributed by atoms with Crippen LogP contribution in [0.3, 0.4) is 0 Å². The quantitative estimate of drug-likeness (QED) is 0.586. The summed E-state index contributed by atoms with van der Waals surface area (Å²) < 4.78 is 15.4. The molecule has 0 saturated carbocycles. The molecule has 0 aromatic rings. The predicted molar refractivity (Wildman–Crippen MR) is 71.9 cm³/mol. The number of hydrogen-bond acceptors (Lipinski definition) is 6. The van der Waals surface area contributed by atoms with Crippen molar-refractivity contribution in [3.63, 3.8) is 0 Å². The lowest BCUT2D eigenvalue weighted by molar-refractivity contribution is -0.141. The third kappa shape index (κ3) is 3.18. The fourth-order valence-electron chi connectivity index (χ4n) is 2.67. The van der Waals surface area contributed by atoms with Crippen molar-refractivity contribution in [3.05, 3.63) is 23.5 Å². The van der Waals surface area contributed by atoms with Crippen molar-refractivity contribution in [1.29, 1.82) is 0 Å². The van der Waals surface area contributed by atoms with Gasteiger partial charge in [-0.2, -0.15) is 0 Å². The fourth-order valence-corrected chi connectivity index (χ4v) is 2.67. The normalized spacial score (nSPS) is 26.9. The van der Waals surface area contributed by atoms with E-state index in [1.54, 1.807) is 0 Å². The van der Waals surface area contributed by atoms with Crippen LogP contribution in [-0.2, 0) is 19.0 Å². The van der Waals surface area contributed by atoms with Crippen molar-refractivity contribution in [2.24, 2.45) is 11.8 Å². The predicted octanol–water partition coefficient (Wildman–Crippen LogP) is 0.700. The highest BCUT2D eigenvalue weighted by Gasteiger charge is 2.44. The highest BCUT2D eigenvalue weighted by molar-refractivity contribution is 5.89. The van der Waals surface area contributed by atoms with Gasteiger partial charge in [-0.3, -0.25) is 0 Å². The lowest BCUT2D eigenvalue weighted by atomic mass is 9.84. The van der Waals surface area contributed by atoms with E-state index >= 15 is 0 Å². The number of allylic oxidation sites excluding steroid dienone is 1. The first-order valence-corrected chi connectivity index (χ1v) is 6.74. The molecule has 0 aromatic heterocycles. The first kappa shape index (κ1) is 15.4. The average Bonchev–Trinajstić information content (AvgIpc) is 2.87. The molecule has 1 heterocycles. The summed E-state index contributed by atoms with van der Waals surface area (Å²) in [6, 6.07) is 0. The number of methoxy groups -OCH3 is 1. The van der Waals surface area contributed by atoms with Crippen LogP contribution in [0.2, 0.25) is 0 Å². The summed E-state index contributed by atoms with van der Waals surface area (Å²) >= 11 is 0. The molecule has 3 unspecified atom stereocenters. The van der Waals surface area contributed by atoms with Gasteiger partial charge in [0.25, 0.3) is 6.29 Å². The molecular weight excluding hydrogens is 278 g/mol. The van der Waals surface area contributed by atoms with Crippen molar-refractivity contribution in [2.45, 2.75) is 19.6 Å². The van der Waals surface area contributed by atoms with E-state index in [-0.39, 0.29) is 25.0 Å². The molecule has 2 N–H and O–H groups in total. The number of nitrogens with one attached hydrogen (secondary N) is 1. The Morgan fingerprint density at radius 1 is 1.52 bits per heavy atom. The molecule has 7 heteroatoms. The Bertz CT molecular complexity index is 484. The number of aliphatic hydroxyl groups excluding tert-OH is 1. The molecule has 0 saturated heterocycles. The van der Waals surface area contributed by atoms with Gasteiger partial charge >= 0.3 is 12.1 Å². The first-order valence-electron chi connectivity index (χ1n) is 6.74. The van der Waals surface area contributed by atoms with E-state index in [1.165, 1.54) is 13.4 Å². The van der Waals surface area contributed by atoms with Crippen LogP contribution in [0.25, 0.3) is 0 Å². The minimum absolute atomic E-state index is 0.109. The number of carbonyl (C=O) groups excluding carboxylic acids is 2. The van der Waals surface area contributed by atoms with Crippen LogP contribution in [0, 0.1) is 11.8 Å². The van der Waals surface area contributed by atoms with Gasteiger partial charge in [0.05, 0.1) is 31.5 Å². The Kier molecular flexibility index (Phi) is 4.85. The number of amides is 1. The molecule has 21 heavy (non-hydrogen) atoms. The minimum atomic E-state index is -0.791. The number of ether oxygens (including phenoxy) is 3. The lowest BCUT2D eigenvalue weighted by Gasteiger charge is -2.33. The van der Waals surface area contributed by atoms with Crippen LogP contribution in [0.15, 0.2) is 23.5 Å². The third-order valence-corrected chi connectivity index (χ3v) is 3.70. The van der Waals surface area contributed by atoms with Gasteiger partial charge in [-0.15, -0.1) is 0 Å². The second-order valence-electron chi connectivity index (χ2n) is 4.94. The van der Waals surface area contributed by atoms with Crippen LogP contribution in [0.4, 0.5) is 4.79 Å². The highest BCUT2D eigenvalue weighted by Crippen LogP contribution is 2.43. The van der Waals surface area contributed by atoms with Gasteiger partial charge in [0.15, 0.2) is 0 Å². The standard InChI is InChI=1S/C14H19NO6/c1-8-3-4-9-10(12(17)19-2)7-20-13(11(8)9)21-14(18)15-5-6-16/h3,7,9,11,13,16H,4-6H2,1-2H3,(H,15,18). The monoisotopic (exact) mass is 297 g/mol. The molecule has 7 nitrogen and oxygen atoms in total. The maximum atomic E-state index is 11.7. The Morgan fingerprint density at radius 2 is 2.29 bits per heavy atom. The van der Waals surface area contributed by atoms with E-state index < -0.39 is 18.4 Å². The van der Waals surface area contributed by atoms with E-state index in [0.29, 0.717) is 12.0 Å². The maximum absolute atomic E-state index is 11.7. The van der Waals surface area contributed by atoms with Crippen LogP contribution in [0.1, 0.15) is 13.3 Å². The zero-order chi connectivity index (χ0) is 15.4. The largest absolute Gasteiger partial charge is 0.466 e. The number of esters is 1. The number of aliphatic hydroxyl groups is 1. The van der Waals surface area contributed by atoms with Gasteiger partial charge in [0, 0.05) is 12.5 Å². The Labute approximate surface area is 122 Å². The number of rotatable bonds is 4. The smallest absolute Gasteiger partial charge is 0.410 e. The summed E-state index contributed by atoms with van der Waals surface area (Å²) in [5.41, 5.74) is 1.46. The van der Waals surface area contributed by atoms with E-state index in [9.17, 15) is 9.59 Å². The summed E-state index contributed by atoms with van der Waals surface area (Å²) in [4.78, 5) is 23.3. The molecule has 116 valence electrons. The fraction of sp³-hybridized carbons (Fsp3) is 0.571. The second kappa shape index (κ2) is 6.62. The molecule has 2 rings (SSSR count). The van der Waals surface area contributed by atoms with Gasteiger partial charge in [-0.1, -0.05) is 11.6 Å². The first-order chi connectivity index (χ1) is 10.1. The molecule has 1 amide bonds. The Balaban J connectivity index is 2.10. The molecule has 1 aliphatic heterocycles. The van der Waals surface area contributed by atoms with Crippen LogP contribution in [-0.4, -0.2) is 43.7 Å². The molecule has 0 radical (unpaired) electrons. The molecule has 0 fully saturated rings. The SMILES string of the molecule is COC(=O)C1=COC(OC(=O)NCCO)C2C(C)=CCC12. The van der Waals surface area contributed by atoms with E-state index in [2.05, 4.69) is 5.32 Å². The summed E-state index contributed by atoms with van der Waals surface area (Å²) in [6.07, 6.45) is 2.54. The third-order valence-electron chi connectivity index (χ3n) is 3.70. The topological polar surface area (TPSA) is 94.1 Å². The summed E-state index contributed by atoms with van der Waals surface area (Å²) in [5, 5.41) is 11.1. The van der Waals surface area contributed by atoms with E-state index in [1.807, 2.05) is 13.0 Å². The maximum Gasteiger partial charge on any atom is 0.410 e. The van der Waals surface area contributed by atoms with Crippen molar-refractivity contribution in [3.8, 4) is 0 Å².